The summed E-state index contributed by atoms with van der Waals surface area (Å²) in [5.41, 5.74) is -5.53. The Morgan fingerprint density at radius 1 is 1.04 bits per heavy atom. The average molecular weight is 390 g/mol. The van der Waals surface area contributed by atoms with Crippen LogP contribution in [0.4, 0.5) is 13.2 Å². The Kier molecular flexibility index (Phi) is 12.7. The molecule has 25 heavy (non-hydrogen) atoms. The van der Waals surface area contributed by atoms with Crippen molar-refractivity contribution in [3.8, 4) is 0 Å². The number of alkyl halides is 3. The van der Waals surface area contributed by atoms with Gasteiger partial charge in [0.1, 0.15) is 0 Å². The first-order valence-electron chi connectivity index (χ1n) is 9.37. The first-order chi connectivity index (χ1) is 11.6. The van der Waals surface area contributed by atoms with Crippen LogP contribution in [0.15, 0.2) is 0 Å². The number of halogens is 3. The third-order valence-corrected chi connectivity index (χ3v) is 5.01. The lowest BCUT2D eigenvalue weighted by Gasteiger charge is -2.32. The van der Waals surface area contributed by atoms with Crippen LogP contribution in [-0.2, 0) is 10.1 Å². The lowest BCUT2D eigenvalue weighted by atomic mass is 9.93. The fraction of sp³-hybridized carbons (Fsp3) is 1.00. The molecule has 1 atom stereocenters. The van der Waals surface area contributed by atoms with Crippen LogP contribution in [0.3, 0.4) is 0 Å². The highest BCUT2D eigenvalue weighted by molar-refractivity contribution is 7.86. The Hall–Kier alpha value is -0.340. The Morgan fingerprint density at radius 2 is 1.60 bits per heavy atom. The molecule has 1 saturated heterocycles. The highest BCUT2D eigenvalue weighted by Crippen LogP contribution is 2.21. The molecule has 1 aliphatic heterocycles. The van der Waals surface area contributed by atoms with Crippen LogP contribution in [0.25, 0.3) is 0 Å². The van der Waals surface area contributed by atoms with E-state index in [0.29, 0.717) is 0 Å². The van der Waals surface area contributed by atoms with Crippen molar-refractivity contribution in [3.05, 3.63) is 0 Å². The molecule has 1 fully saturated rings. The van der Waals surface area contributed by atoms with Crippen molar-refractivity contribution in [1.82, 2.24) is 4.90 Å². The predicted molar refractivity (Wildman–Crippen MR) is 95.1 cm³/mol. The predicted octanol–water partition coefficient (Wildman–Crippen LogP) is 5.25. The monoisotopic (exact) mass is 389 g/mol. The van der Waals surface area contributed by atoms with Crippen LogP contribution < -0.4 is 0 Å². The molecule has 0 saturated carbocycles. The van der Waals surface area contributed by atoms with E-state index in [9.17, 15) is 13.2 Å². The normalized spacial score (nSPS) is 19.4. The van der Waals surface area contributed by atoms with Crippen molar-refractivity contribution < 1.29 is 26.1 Å². The summed E-state index contributed by atoms with van der Waals surface area (Å²) in [6.07, 6.45) is 14.4. The average Bonchev–Trinajstić information content (AvgIpc) is 2.50. The number of nitrogens with zero attached hydrogens (tertiary/aromatic N) is 1. The van der Waals surface area contributed by atoms with Gasteiger partial charge in [-0.15, -0.1) is 0 Å². The summed E-state index contributed by atoms with van der Waals surface area (Å²) >= 11 is 0. The zero-order chi connectivity index (χ0) is 19.3. The van der Waals surface area contributed by atoms with Crippen molar-refractivity contribution in [2.24, 2.45) is 5.92 Å². The van der Waals surface area contributed by atoms with E-state index in [4.69, 9.17) is 13.0 Å². The van der Waals surface area contributed by atoms with Crippen LogP contribution in [0, 0.1) is 5.92 Å². The van der Waals surface area contributed by atoms with E-state index >= 15 is 0 Å². The van der Waals surface area contributed by atoms with Crippen LogP contribution in [0.1, 0.15) is 78.1 Å². The zero-order valence-corrected chi connectivity index (χ0v) is 16.3. The molecule has 1 unspecified atom stereocenters. The van der Waals surface area contributed by atoms with Crippen molar-refractivity contribution in [2.75, 3.05) is 19.6 Å². The van der Waals surface area contributed by atoms with Crippen LogP contribution >= 0.6 is 0 Å². The van der Waals surface area contributed by atoms with E-state index in [1.807, 2.05) is 0 Å². The summed E-state index contributed by atoms with van der Waals surface area (Å²) in [4.78, 5) is 2.73. The fourth-order valence-corrected chi connectivity index (χ4v) is 3.11. The minimum Gasteiger partial charge on any atom is -0.303 e. The van der Waals surface area contributed by atoms with Crippen LogP contribution in [0.5, 0.6) is 0 Å². The molecule has 0 aromatic rings. The van der Waals surface area contributed by atoms with E-state index in [2.05, 4.69) is 18.7 Å². The molecule has 0 aromatic carbocycles. The molecule has 1 rings (SSSR count). The summed E-state index contributed by atoms with van der Waals surface area (Å²) in [6, 6.07) is 0. The number of unbranched alkanes of at least 4 members (excludes halogenated alkanes) is 5. The van der Waals surface area contributed by atoms with E-state index in [-0.39, 0.29) is 0 Å². The summed E-state index contributed by atoms with van der Waals surface area (Å²) in [6.45, 7) is 8.75. The summed E-state index contributed by atoms with van der Waals surface area (Å²) in [7, 11) is -5.84. The maximum absolute atomic E-state index is 10.7. The number of hydrogen-bond acceptors (Lipinski definition) is 3. The largest absolute Gasteiger partial charge is 0.522 e. The van der Waals surface area contributed by atoms with Gasteiger partial charge in [-0.05, 0) is 44.7 Å². The zero-order valence-electron chi connectivity index (χ0n) is 15.5. The minimum atomic E-state index is -5.84. The van der Waals surface area contributed by atoms with Gasteiger partial charge < -0.3 is 4.90 Å². The van der Waals surface area contributed by atoms with Gasteiger partial charge in [0, 0.05) is 6.54 Å². The molecule has 1 N–H and O–H groups in total. The van der Waals surface area contributed by atoms with Gasteiger partial charge in [-0.3, -0.25) is 4.55 Å². The number of rotatable bonds is 9. The minimum absolute atomic E-state index is 1.01. The van der Waals surface area contributed by atoms with E-state index in [1.165, 1.54) is 83.8 Å². The molecule has 4 nitrogen and oxygen atoms in total. The molecule has 0 radical (unpaired) electrons. The highest BCUT2D eigenvalue weighted by atomic mass is 32.2. The van der Waals surface area contributed by atoms with Gasteiger partial charge in [-0.1, -0.05) is 52.4 Å². The highest BCUT2D eigenvalue weighted by Gasteiger charge is 2.44. The van der Waals surface area contributed by atoms with E-state index in [0.717, 1.165) is 5.92 Å². The Balaban J connectivity index is 0.000000609. The topological polar surface area (TPSA) is 57.6 Å². The second-order valence-corrected chi connectivity index (χ2v) is 8.20. The van der Waals surface area contributed by atoms with Gasteiger partial charge >= 0.3 is 15.6 Å². The van der Waals surface area contributed by atoms with E-state index in [1.54, 1.807) is 0 Å². The molecular formula is C17H34F3NO3S. The molecule has 0 bridgehead atoms. The van der Waals surface area contributed by atoms with Crippen molar-refractivity contribution in [2.45, 2.75) is 83.6 Å². The Bertz CT molecular complexity index is 425. The van der Waals surface area contributed by atoms with Crippen molar-refractivity contribution >= 4 is 10.1 Å². The smallest absolute Gasteiger partial charge is 0.303 e. The van der Waals surface area contributed by atoms with Crippen molar-refractivity contribution in [1.29, 1.82) is 0 Å². The number of hydrogen-bond donors (Lipinski definition) is 1. The molecule has 152 valence electrons. The SMILES string of the molecule is CCCCCCCCN1CCCC(CCC)C1.O=S(=O)(O)C(F)(F)F. The summed E-state index contributed by atoms with van der Waals surface area (Å²) in [5, 5.41) is 0. The van der Waals surface area contributed by atoms with Gasteiger partial charge in [0.15, 0.2) is 0 Å². The van der Waals surface area contributed by atoms with E-state index < -0.39 is 15.6 Å². The van der Waals surface area contributed by atoms with Crippen LogP contribution in [-0.4, -0.2) is 43.0 Å². The van der Waals surface area contributed by atoms with Gasteiger partial charge in [-0.25, -0.2) is 0 Å². The Labute approximate surface area is 150 Å². The molecule has 0 aliphatic carbocycles. The molecule has 1 heterocycles. The molecule has 1 aliphatic rings. The fourth-order valence-electron chi connectivity index (χ4n) is 3.11. The maximum atomic E-state index is 10.7. The molecule has 0 amide bonds. The Morgan fingerprint density at radius 3 is 2.12 bits per heavy atom. The maximum Gasteiger partial charge on any atom is 0.522 e. The second-order valence-electron chi connectivity index (χ2n) is 6.79. The summed E-state index contributed by atoms with van der Waals surface area (Å²) < 4.78 is 57.5. The lowest BCUT2D eigenvalue weighted by Crippen LogP contribution is -2.35. The summed E-state index contributed by atoms with van der Waals surface area (Å²) in [5.74, 6) is 1.01. The van der Waals surface area contributed by atoms with Crippen molar-refractivity contribution in [3.63, 3.8) is 0 Å². The quantitative estimate of drug-likeness (QED) is 0.332. The first-order valence-corrected chi connectivity index (χ1v) is 10.8. The standard InChI is InChI=1S/C16H33N.CHF3O3S/c1-3-5-6-7-8-9-13-17-14-10-12-16(15-17)11-4-2;2-1(3,4)8(5,6)7/h16H,3-15H2,1-2H3;(H,5,6,7). The van der Waals surface area contributed by atoms with Gasteiger partial charge in [-0.2, -0.15) is 21.6 Å². The number of likely N-dealkylation sites (tertiary alicyclic amines) is 1. The van der Waals surface area contributed by atoms with Gasteiger partial charge in [0.05, 0.1) is 0 Å². The molecular weight excluding hydrogens is 355 g/mol. The lowest BCUT2D eigenvalue weighted by molar-refractivity contribution is -0.0510. The van der Waals surface area contributed by atoms with Gasteiger partial charge in [0.2, 0.25) is 0 Å². The second kappa shape index (κ2) is 12.9. The first kappa shape index (κ1) is 24.7. The molecule has 0 spiro atoms. The molecule has 0 aromatic heterocycles. The third kappa shape index (κ3) is 12.6. The molecule has 8 heteroatoms. The number of piperidine rings is 1. The van der Waals surface area contributed by atoms with Gasteiger partial charge in [0.25, 0.3) is 0 Å². The van der Waals surface area contributed by atoms with Crippen LogP contribution in [0.2, 0.25) is 0 Å². The third-order valence-electron chi connectivity index (χ3n) is 4.42.